The number of hydrogen-bond donors (Lipinski definition) is 2. The topological polar surface area (TPSA) is 72.2 Å². The summed E-state index contributed by atoms with van der Waals surface area (Å²) in [5.41, 5.74) is 5.35. The summed E-state index contributed by atoms with van der Waals surface area (Å²) in [5.74, 6) is -2.82. The Morgan fingerprint density at radius 3 is 2.16 bits per heavy atom. The Hall–Kier alpha value is -1.98. The van der Waals surface area contributed by atoms with Crippen LogP contribution in [0.5, 0.6) is 0 Å². The Labute approximate surface area is 110 Å². The molecule has 3 N–H and O–H groups in total. The summed E-state index contributed by atoms with van der Waals surface area (Å²) in [5, 5.41) is 2.44. The molecule has 6 heteroatoms. The number of nitrogens with two attached hydrogens (primary N) is 1. The molecule has 0 aliphatic rings. The minimum absolute atomic E-state index is 0.161. The Balaban J connectivity index is 2.71. The zero-order valence-electron chi connectivity index (χ0n) is 10.7. The monoisotopic (exact) mass is 270 g/mol. The SMILES string of the molecule is CC(C)[C@@H](NC(=O)Cc1cc(F)cc(F)c1)C(N)=O. The molecule has 4 nitrogen and oxygen atoms in total. The van der Waals surface area contributed by atoms with Crippen LogP contribution < -0.4 is 11.1 Å². The van der Waals surface area contributed by atoms with Crippen molar-refractivity contribution in [1.82, 2.24) is 5.32 Å². The van der Waals surface area contributed by atoms with E-state index in [1.165, 1.54) is 0 Å². The van der Waals surface area contributed by atoms with Gasteiger partial charge in [-0.2, -0.15) is 0 Å². The number of primary amides is 1. The minimum Gasteiger partial charge on any atom is -0.368 e. The molecular formula is C13H16F2N2O2. The third kappa shape index (κ3) is 4.65. The molecule has 0 saturated heterocycles. The average molecular weight is 270 g/mol. The number of nitrogens with one attached hydrogen (secondary N) is 1. The average Bonchev–Trinajstić information content (AvgIpc) is 2.23. The Morgan fingerprint density at radius 2 is 1.74 bits per heavy atom. The molecule has 0 spiro atoms. The van der Waals surface area contributed by atoms with Crippen LogP contribution in [-0.2, 0) is 16.0 Å². The van der Waals surface area contributed by atoms with Crippen LogP contribution in [0.2, 0.25) is 0 Å². The van der Waals surface area contributed by atoms with Crippen LogP contribution in [0.25, 0.3) is 0 Å². The molecule has 0 radical (unpaired) electrons. The number of hydrogen-bond acceptors (Lipinski definition) is 2. The van der Waals surface area contributed by atoms with Crippen molar-refractivity contribution in [3.63, 3.8) is 0 Å². The van der Waals surface area contributed by atoms with E-state index < -0.39 is 29.5 Å². The molecular weight excluding hydrogens is 254 g/mol. The third-order valence-electron chi connectivity index (χ3n) is 2.58. The summed E-state index contributed by atoms with van der Waals surface area (Å²) in [6, 6.07) is 2.06. The van der Waals surface area contributed by atoms with Crippen molar-refractivity contribution in [3.05, 3.63) is 35.4 Å². The molecule has 104 valence electrons. The van der Waals surface area contributed by atoms with E-state index in [2.05, 4.69) is 5.32 Å². The van der Waals surface area contributed by atoms with Crippen molar-refractivity contribution < 1.29 is 18.4 Å². The second-order valence-electron chi connectivity index (χ2n) is 4.65. The van der Waals surface area contributed by atoms with Gasteiger partial charge in [0.15, 0.2) is 0 Å². The lowest BCUT2D eigenvalue weighted by Crippen LogP contribution is -2.48. The highest BCUT2D eigenvalue weighted by molar-refractivity contribution is 5.87. The Bertz CT molecular complexity index is 469. The van der Waals surface area contributed by atoms with Crippen molar-refractivity contribution in [2.24, 2.45) is 11.7 Å². The molecule has 0 fully saturated rings. The van der Waals surface area contributed by atoms with Crippen LogP contribution in [0.1, 0.15) is 19.4 Å². The molecule has 0 saturated carbocycles. The van der Waals surface area contributed by atoms with Crippen molar-refractivity contribution in [2.75, 3.05) is 0 Å². The van der Waals surface area contributed by atoms with Gasteiger partial charge in [-0.1, -0.05) is 13.8 Å². The van der Waals surface area contributed by atoms with Crippen LogP contribution in [-0.4, -0.2) is 17.9 Å². The maximum atomic E-state index is 13.0. The zero-order valence-corrected chi connectivity index (χ0v) is 10.7. The first-order valence-corrected chi connectivity index (χ1v) is 5.83. The molecule has 2 amide bonds. The highest BCUT2D eigenvalue weighted by Gasteiger charge is 2.21. The fourth-order valence-electron chi connectivity index (χ4n) is 1.69. The predicted octanol–water partition coefficient (Wildman–Crippen LogP) is 1.13. The van der Waals surface area contributed by atoms with E-state index in [0.717, 1.165) is 18.2 Å². The summed E-state index contributed by atoms with van der Waals surface area (Å²) >= 11 is 0. The van der Waals surface area contributed by atoms with Crippen molar-refractivity contribution >= 4 is 11.8 Å². The van der Waals surface area contributed by atoms with E-state index >= 15 is 0 Å². The van der Waals surface area contributed by atoms with Crippen LogP contribution in [0, 0.1) is 17.6 Å². The van der Waals surface area contributed by atoms with Gasteiger partial charge in [-0.25, -0.2) is 8.78 Å². The summed E-state index contributed by atoms with van der Waals surface area (Å²) in [6.45, 7) is 3.47. The maximum Gasteiger partial charge on any atom is 0.240 e. The van der Waals surface area contributed by atoms with Gasteiger partial charge in [0, 0.05) is 6.07 Å². The van der Waals surface area contributed by atoms with Gasteiger partial charge in [0.05, 0.1) is 6.42 Å². The number of benzene rings is 1. The van der Waals surface area contributed by atoms with E-state index in [1.807, 2.05) is 0 Å². The predicted molar refractivity (Wildman–Crippen MR) is 66.0 cm³/mol. The van der Waals surface area contributed by atoms with Gasteiger partial charge < -0.3 is 11.1 Å². The standard InChI is InChI=1S/C13H16F2N2O2/c1-7(2)12(13(16)19)17-11(18)5-8-3-9(14)6-10(15)4-8/h3-4,6-7,12H,5H2,1-2H3,(H2,16,19)(H,17,18)/t12-/m1/s1. The third-order valence-corrected chi connectivity index (χ3v) is 2.58. The molecule has 0 heterocycles. The van der Waals surface area contributed by atoms with Gasteiger partial charge in [-0.15, -0.1) is 0 Å². The maximum absolute atomic E-state index is 13.0. The van der Waals surface area contributed by atoms with E-state index in [0.29, 0.717) is 0 Å². The summed E-state index contributed by atoms with van der Waals surface area (Å²) < 4.78 is 25.9. The molecule has 0 bridgehead atoms. The van der Waals surface area contributed by atoms with Crippen molar-refractivity contribution in [3.8, 4) is 0 Å². The van der Waals surface area contributed by atoms with E-state index in [9.17, 15) is 18.4 Å². The number of halogens is 2. The highest BCUT2D eigenvalue weighted by atomic mass is 19.1. The van der Waals surface area contributed by atoms with E-state index in [4.69, 9.17) is 5.73 Å². The normalized spacial score (nSPS) is 12.3. The van der Waals surface area contributed by atoms with Crippen molar-refractivity contribution in [2.45, 2.75) is 26.3 Å². The first-order chi connectivity index (χ1) is 8.79. The molecule has 1 atom stereocenters. The van der Waals surface area contributed by atoms with E-state index in [1.54, 1.807) is 13.8 Å². The van der Waals surface area contributed by atoms with Crippen LogP contribution >= 0.6 is 0 Å². The molecule has 0 aliphatic carbocycles. The molecule has 0 aromatic heterocycles. The summed E-state index contributed by atoms with van der Waals surface area (Å²) in [4.78, 5) is 22.8. The molecule has 1 rings (SSSR count). The lowest BCUT2D eigenvalue weighted by molar-refractivity contribution is -0.127. The first kappa shape index (κ1) is 15.1. The lowest BCUT2D eigenvalue weighted by Gasteiger charge is -2.18. The minimum atomic E-state index is -0.800. The fourth-order valence-corrected chi connectivity index (χ4v) is 1.69. The quantitative estimate of drug-likeness (QED) is 0.842. The molecule has 19 heavy (non-hydrogen) atoms. The van der Waals surface area contributed by atoms with Crippen LogP contribution in [0.15, 0.2) is 18.2 Å². The number of carbonyl (C=O) groups is 2. The summed E-state index contributed by atoms with van der Waals surface area (Å²) in [7, 11) is 0. The van der Waals surface area contributed by atoms with Crippen LogP contribution in [0.4, 0.5) is 8.78 Å². The second kappa shape index (κ2) is 6.26. The van der Waals surface area contributed by atoms with Gasteiger partial charge in [-0.3, -0.25) is 9.59 Å². The molecule has 0 unspecified atom stereocenters. The molecule has 1 aromatic carbocycles. The van der Waals surface area contributed by atoms with E-state index in [-0.39, 0.29) is 17.9 Å². The Morgan fingerprint density at radius 1 is 1.21 bits per heavy atom. The first-order valence-electron chi connectivity index (χ1n) is 5.83. The molecule has 0 aliphatic heterocycles. The van der Waals surface area contributed by atoms with Gasteiger partial charge in [0.1, 0.15) is 17.7 Å². The van der Waals surface area contributed by atoms with Crippen LogP contribution in [0.3, 0.4) is 0 Å². The van der Waals surface area contributed by atoms with Gasteiger partial charge >= 0.3 is 0 Å². The fraction of sp³-hybridized carbons (Fsp3) is 0.385. The highest BCUT2D eigenvalue weighted by Crippen LogP contribution is 2.09. The largest absolute Gasteiger partial charge is 0.368 e. The number of rotatable bonds is 5. The van der Waals surface area contributed by atoms with Crippen molar-refractivity contribution in [1.29, 1.82) is 0 Å². The number of carbonyl (C=O) groups excluding carboxylic acids is 2. The second-order valence-corrected chi connectivity index (χ2v) is 4.65. The summed E-state index contributed by atoms with van der Waals surface area (Å²) in [6.07, 6.45) is -0.217. The number of amides is 2. The van der Waals surface area contributed by atoms with Gasteiger partial charge in [-0.05, 0) is 23.6 Å². The Kier molecular flexibility index (Phi) is 4.97. The smallest absolute Gasteiger partial charge is 0.240 e. The van der Waals surface area contributed by atoms with Gasteiger partial charge in [0.25, 0.3) is 0 Å². The van der Waals surface area contributed by atoms with Gasteiger partial charge in [0.2, 0.25) is 11.8 Å². The lowest BCUT2D eigenvalue weighted by atomic mass is 10.0. The molecule has 1 aromatic rings. The zero-order chi connectivity index (χ0) is 14.6.